The van der Waals surface area contributed by atoms with Crippen LogP contribution >= 0.6 is 11.8 Å². The van der Waals surface area contributed by atoms with Gasteiger partial charge in [0.25, 0.3) is 0 Å². The van der Waals surface area contributed by atoms with Gasteiger partial charge in [-0.15, -0.1) is 11.8 Å². The van der Waals surface area contributed by atoms with E-state index in [2.05, 4.69) is 42.7 Å². The highest BCUT2D eigenvalue weighted by Gasteiger charge is 2.04. The summed E-state index contributed by atoms with van der Waals surface area (Å²) in [6.07, 6.45) is 0. The predicted molar refractivity (Wildman–Crippen MR) is 78.0 cm³/mol. The summed E-state index contributed by atoms with van der Waals surface area (Å²) >= 11 is 1.60. The van der Waals surface area contributed by atoms with Crippen LogP contribution in [-0.4, -0.2) is 24.7 Å². The lowest BCUT2D eigenvalue weighted by Gasteiger charge is -2.08. The molecule has 100 valence electrons. The van der Waals surface area contributed by atoms with Crippen LogP contribution in [0.15, 0.2) is 23.1 Å². The molecule has 0 saturated carbocycles. The molecule has 1 amide bonds. The maximum Gasteiger partial charge on any atom is 0.230 e. The minimum Gasteiger partial charge on any atom is -0.356 e. The second-order valence-electron chi connectivity index (χ2n) is 4.12. The van der Waals surface area contributed by atoms with E-state index in [9.17, 15) is 4.79 Å². The van der Waals surface area contributed by atoms with Crippen LogP contribution in [0.25, 0.3) is 0 Å². The molecule has 0 heterocycles. The Hall–Kier alpha value is -1.00. The molecule has 0 fully saturated rings. The number of hydrogen-bond acceptors (Lipinski definition) is 3. The van der Waals surface area contributed by atoms with Gasteiger partial charge in [0.1, 0.15) is 0 Å². The molecule has 0 radical (unpaired) electrons. The third-order valence-electron chi connectivity index (χ3n) is 2.55. The normalized spacial score (nSPS) is 10.4. The summed E-state index contributed by atoms with van der Waals surface area (Å²) in [6.45, 7) is 8.70. The lowest BCUT2D eigenvalue weighted by atomic mass is 10.1. The molecule has 0 unspecified atom stereocenters. The Labute approximate surface area is 114 Å². The molecule has 0 saturated heterocycles. The van der Waals surface area contributed by atoms with Crippen molar-refractivity contribution >= 4 is 17.7 Å². The van der Waals surface area contributed by atoms with Crippen LogP contribution in [0.1, 0.15) is 25.0 Å². The molecule has 1 aromatic carbocycles. The summed E-state index contributed by atoms with van der Waals surface area (Å²) in [4.78, 5) is 12.6. The molecule has 1 rings (SSSR count). The molecule has 3 nitrogen and oxygen atoms in total. The maximum atomic E-state index is 11.4. The van der Waals surface area contributed by atoms with Crippen LogP contribution in [0.4, 0.5) is 0 Å². The van der Waals surface area contributed by atoms with Crippen LogP contribution in [0, 0.1) is 6.92 Å². The minimum atomic E-state index is 0.0960. The van der Waals surface area contributed by atoms with Gasteiger partial charge in [-0.25, -0.2) is 0 Å². The molecule has 4 heteroatoms. The number of carbonyl (C=O) groups excluding carboxylic acids is 1. The first-order valence-electron chi connectivity index (χ1n) is 6.37. The molecule has 0 spiro atoms. The largest absolute Gasteiger partial charge is 0.356 e. The average molecular weight is 266 g/mol. The average Bonchev–Trinajstić information content (AvgIpc) is 2.35. The van der Waals surface area contributed by atoms with Gasteiger partial charge in [0, 0.05) is 18.0 Å². The summed E-state index contributed by atoms with van der Waals surface area (Å²) in [5.41, 5.74) is 2.52. The molecule has 0 bridgehead atoms. The highest BCUT2D eigenvalue weighted by atomic mass is 32.2. The quantitative estimate of drug-likeness (QED) is 0.744. The summed E-state index contributed by atoms with van der Waals surface area (Å²) in [7, 11) is 0. The van der Waals surface area contributed by atoms with E-state index in [-0.39, 0.29) is 5.91 Å². The van der Waals surface area contributed by atoms with Crippen LogP contribution in [0.2, 0.25) is 0 Å². The first-order valence-corrected chi connectivity index (χ1v) is 7.35. The number of rotatable bonds is 7. The Bertz CT molecular complexity index is 393. The van der Waals surface area contributed by atoms with Crippen molar-refractivity contribution in [3.05, 3.63) is 29.3 Å². The zero-order chi connectivity index (χ0) is 13.4. The third-order valence-corrected chi connectivity index (χ3v) is 3.73. The first-order chi connectivity index (χ1) is 8.67. The Morgan fingerprint density at radius 3 is 2.67 bits per heavy atom. The Morgan fingerprint density at radius 1 is 1.28 bits per heavy atom. The third kappa shape index (κ3) is 5.10. The van der Waals surface area contributed by atoms with Crippen LogP contribution in [0.5, 0.6) is 0 Å². The van der Waals surface area contributed by atoms with Gasteiger partial charge in [0.05, 0.1) is 5.75 Å². The molecular formula is C14H22N2OS. The fourth-order valence-electron chi connectivity index (χ4n) is 1.64. The molecule has 0 aromatic heterocycles. The number of carbonyl (C=O) groups is 1. The SMILES string of the molecule is CCNCc1ccc(SCC(=O)NCC)c(C)c1. The topological polar surface area (TPSA) is 41.1 Å². The number of thioether (sulfide) groups is 1. The van der Waals surface area contributed by atoms with Crippen molar-refractivity contribution in [3.63, 3.8) is 0 Å². The summed E-state index contributed by atoms with van der Waals surface area (Å²) in [5, 5.41) is 6.11. The molecular weight excluding hydrogens is 244 g/mol. The fourth-order valence-corrected chi connectivity index (χ4v) is 2.48. The monoisotopic (exact) mass is 266 g/mol. The highest BCUT2D eigenvalue weighted by Crippen LogP contribution is 2.23. The van der Waals surface area contributed by atoms with Crippen molar-refractivity contribution in [2.75, 3.05) is 18.8 Å². The second-order valence-corrected chi connectivity index (χ2v) is 5.14. The standard InChI is InChI=1S/C14H22N2OS/c1-4-15-9-12-6-7-13(11(3)8-12)18-10-14(17)16-5-2/h6-8,15H,4-5,9-10H2,1-3H3,(H,16,17). The summed E-state index contributed by atoms with van der Waals surface area (Å²) in [6, 6.07) is 6.41. The zero-order valence-electron chi connectivity index (χ0n) is 11.4. The van der Waals surface area contributed by atoms with E-state index < -0.39 is 0 Å². The first kappa shape index (κ1) is 15.1. The maximum absolute atomic E-state index is 11.4. The van der Waals surface area contributed by atoms with Gasteiger partial charge in [-0.3, -0.25) is 4.79 Å². The lowest BCUT2D eigenvalue weighted by molar-refractivity contribution is -0.118. The van der Waals surface area contributed by atoms with E-state index in [1.165, 1.54) is 16.0 Å². The van der Waals surface area contributed by atoms with Gasteiger partial charge in [-0.2, -0.15) is 0 Å². The van der Waals surface area contributed by atoms with Crippen molar-refractivity contribution < 1.29 is 4.79 Å². The molecule has 0 aliphatic carbocycles. The number of hydrogen-bond donors (Lipinski definition) is 2. The highest BCUT2D eigenvalue weighted by molar-refractivity contribution is 8.00. The molecule has 1 aromatic rings. The number of benzene rings is 1. The Balaban J connectivity index is 2.54. The van der Waals surface area contributed by atoms with Gasteiger partial charge in [0.15, 0.2) is 0 Å². The van der Waals surface area contributed by atoms with E-state index in [0.717, 1.165) is 13.1 Å². The fraction of sp³-hybridized carbons (Fsp3) is 0.500. The molecule has 0 aliphatic heterocycles. The van der Waals surface area contributed by atoms with Crippen LogP contribution in [0.3, 0.4) is 0 Å². The Kier molecular flexibility index (Phi) is 6.83. The van der Waals surface area contributed by atoms with Crippen LogP contribution < -0.4 is 10.6 Å². The van der Waals surface area contributed by atoms with Crippen molar-refractivity contribution in [3.8, 4) is 0 Å². The van der Waals surface area contributed by atoms with E-state index in [0.29, 0.717) is 12.3 Å². The molecule has 0 aliphatic rings. The van der Waals surface area contributed by atoms with Crippen LogP contribution in [-0.2, 0) is 11.3 Å². The molecule has 2 N–H and O–H groups in total. The van der Waals surface area contributed by atoms with Gasteiger partial charge in [-0.1, -0.05) is 19.1 Å². The van der Waals surface area contributed by atoms with Crippen molar-refractivity contribution in [1.29, 1.82) is 0 Å². The zero-order valence-corrected chi connectivity index (χ0v) is 12.2. The molecule has 18 heavy (non-hydrogen) atoms. The van der Waals surface area contributed by atoms with E-state index in [1.54, 1.807) is 11.8 Å². The summed E-state index contributed by atoms with van der Waals surface area (Å²) < 4.78 is 0. The van der Waals surface area contributed by atoms with E-state index >= 15 is 0 Å². The van der Waals surface area contributed by atoms with E-state index in [1.807, 2.05) is 6.92 Å². The van der Waals surface area contributed by atoms with Gasteiger partial charge < -0.3 is 10.6 Å². The molecule has 0 atom stereocenters. The Morgan fingerprint density at radius 2 is 2.06 bits per heavy atom. The van der Waals surface area contributed by atoms with Crippen molar-refractivity contribution in [2.45, 2.75) is 32.2 Å². The van der Waals surface area contributed by atoms with Gasteiger partial charge in [-0.05, 0) is 37.6 Å². The summed E-state index contributed by atoms with van der Waals surface area (Å²) in [5.74, 6) is 0.583. The van der Waals surface area contributed by atoms with Crippen molar-refractivity contribution in [2.24, 2.45) is 0 Å². The van der Waals surface area contributed by atoms with Crippen molar-refractivity contribution in [1.82, 2.24) is 10.6 Å². The lowest BCUT2D eigenvalue weighted by Crippen LogP contribution is -2.24. The number of aryl methyl sites for hydroxylation is 1. The smallest absolute Gasteiger partial charge is 0.230 e. The minimum absolute atomic E-state index is 0.0960. The van der Waals surface area contributed by atoms with Gasteiger partial charge in [0.2, 0.25) is 5.91 Å². The second kappa shape index (κ2) is 8.16. The number of nitrogens with one attached hydrogen (secondary N) is 2. The van der Waals surface area contributed by atoms with Gasteiger partial charge >= 0.3 is 0 Å². The van der Waals surface area contributed by atoms with E-state index in [4.69, 9.17) is 0 Å². The predicted octanol–water partition coefficient (Wildman–Crippen LogP) is 2.33. The number of amides is 1.